The van der Waals surface area contributed by atoms with Crippen molar-refractivity contribution in [3.63, 3.8) is 0 Å². The highest BCUT2D eigenvalue weighted by Gasteiger charge is 2.46. The number of fused-ring (bicyclic) bond motifs is 1. The van der Waals surface area contributed by atoms with Crippen LogP contribution in [0.3, 0.4) is 0 Å². The third kappa shape index (κ3) is 2.23. The smallest absolute Gasteiger partial charge is 0.229 e. The third-order valence-corrected chi connectivity index (χ3v) is 5.24. The number of allylic oxidation sites excluding steroid dienone is 4. The Morgan fingerprint density at radius 1 is 0.889 bits per heavy atom. The summed E-state index contributed by atoms with van der Waals surface area (Å²) >= 11 is 0. The summed E-state index contributed by atoms with van der Waals surface area (Å²) < 4.78 is 5.88. The summed E-state index contributed by atoms with van der Waals surface area (Å²) in [6, 6.07) is 6.69. The first-order valence-corrected chi connectivity index (χ1v) is 8.78. The van der Waals surface area contributed by atoms with E-state index >= 15 is 0 Å². The van der Waals surface area contributed by atoms with Crippen molar-refractivity contribution in [3.8, 4) is 0 Å². The predicted molar refractivity (Wildman–Crippen MR) is 93.9 cm³/mol. The van der Waals surface area contributed by atoms with Gasteiger partial charge in [0.2, 0.25) is 5.78 Å². The second-order valence-corrected chi connectivity index (χ2v) is 6.77. The van der Waals surface area contributed by atoms with Crippen LogP contribution in [0.1, 0.15) is 51.5 Å². The zero-order valence-electron chi connectivity index (χ0n) is 14.3. The molecule has 2 aliphatic carbocycles. The van der Waals surface area contributed by atoms with Crippen LogP contribution < -0.4 is 0 Å². The lowest BCUT2D eigenvalue weighted by molar-refractivity contribution is -0.116. The van der Waals surface area contributed by atoms with Gasteiger partial charge in [0, 0.05) is 47.5 Å². The van der Waals surface area contributed by atoms with Gasteiger partial charge in [0.05, 0.1) is 11.5 Å². The SMILES string of the molecule is O=C1CCCC2=C1C(c1cncnc1)C1=C(O2)C(=O)c2ccccc2C1=O. The molecular formula is C21H14N2O4. The largest absolute Gasteiger partial charge is 0.457 e. The fraction of sp³-hybridized carbons (Fsp3) is 0.190. The van der Waals surface area contributed by atoms with E-state index in [1.54, 1.807) is 36.7 Å². The quantitative estimate of drug-likeness (QED) is 0.779. The lowest BCUT2D eigenvalue weighted by Gasteiger charge is -2.35. The zero-order chi connectivity index (χ0) is 18.5. The molecule has 3 aliphatic rings. The van der Waals surface area contributed by atoms with Gasteiger partial charge in [0.1, 0.15) is 12.1 Å². The maximum Gasteiger partial charge on any atom is 0.229 e. The molecule has 2 heterocycles. The Hall–Kier alpha value is -3.41. The van der Waals surface area contributed by atoms with Crippen LogP contribution in [0.4, 0.5) is 0 Å². The van der Waals surface area contributed by atoms with Gasteiger partial charge >= 0.3 is 0 Å². The molecule has 0 spiro atoms. The molecule has 2 aromatic rings. The summed E-state index contributed by atoms with van der Waals surface area (Å²) in [6.45, 7) is 0. The van der Waals surface area contributed by atoms with E-state index in [1.165, 1.54) is 6.33 Å². The van der Waals surface area contributed by atoms with E-state index in [-0.39, 0.29) is 28.7 Å². The van der Waals surface area contributed by atoms with E-state index in [2.05, 4.69) is 9.97 Å². The number of nitrogens with zero attached hydrogens (tertiary/aromatic N) is 2. The summed E-state index contributed by atoms with van der Waals surface area (Å²) in [5, 5.41) is 0. The van der Waals surface area contributed by atoms with Crippen LogP contribution in [0.15, 0.2) is 65.7 Å². The highest BCUT2D eigenvalue weighted by molar-refractivity contribution is 6.27. The molecule has 1 atom stereocenters. The first kappa shape index (κ1) is 15.8. The highest BCUT2D eigenvalue weighted by atomic mass is 16.5. The Morgan fingerprint density at radius 3 is 2.33 bits per heavy atom. The first-order valence-electron chi connectivity index (χ1n) is 8.78. The number of aromatic nitrogens is 2. The number of Topliss-reactive ketones (excluding diaryl/α,β-unsaturated/α-hetero) is 3. The number of carbonyl (C=O) groups is 3. The number of benzene rings is 1. The molecule has 0 bridgehead atoms. The van der Waals surface area contributed by atoms with Crippen LogP contribution in [-0.4, -0.2) is 27.3 Å². The summed E-state index contributed by atoms with van der Waals surface area (Å²) in [5.74, 6) is -0.843. The molecule has 0 radical (unpaired) electrons. The van der Waals surface area contributed by atoms with Gasteiger partial charge in [-0.2, -0.15) is 0 Å². The monoisotopic (exact) mass is 358 g/mol. The molecule has 1 aromatic heterocycles. The number of carbonyl (C=O) groups excluding carboxylic acids is 3. The fourth-order valence-electron chi connectivity index (χ4n) is 4.06. The minimum absolute atomic E-state index is 0.0287. The Kier molecular flexibility index (Phi) is 3.40. The van der Waals surface area contributed by atoms with Crippen LogP contribution in [0.25, 0.3) is 0 Å². The van der Waals surface area contributed by atoms with Gasteiger partial charge in [0.15, 0.2) is 17.3 Å². The van der Waals surface area contributed by atoms with Gasteiger partial charge in [-0.25, -0.2) is 9.97 Å². The normalized spacial score (nSPS) is 21.5. The molecule has 6 nitrogen and oxygen atoms in total. The summed E-state index contributed by atoms with van der Waals surface area (Å²) in [5.41, 5.74) is 1.93. The fourth-order valence-corrected chi connectivity index (χ4v) is 4.06. The van der Waals surface area contributed by atoms with Crippen molar-refractivity contribution < 1.29 is 19.1 Å². The average molecular weight is 358 g/mol. The van der Waals surface area contributed by atoms with Crippen LogP contribution in [0.5, 0.6) is 0 Å². The standard InChI is InChI=1S/C21H14N2O4/c24-14-6-3-7-15-17(14)16(11-8-22-10-23-9-11)18-19(25)12-4-1-2-5-13(12)20(26)21(18)27-15/h1-2,4-5,8-10,16H,3,6-7H2. The maximum atomic E-state index is 13.3. The molecule has 1 aromatic carbocycles. The molecule has 0 saturated carbocycles. The Morgan fingerprint density at radius 2 is 1.59 bits per heavy atom. The van der Waals surface area contributed by atoms with Crippen LogP contribution >= 0.6 is 0 Å². The average Bonchev–Trinajstić information content (AvgIpc) is 2.71. The van der Waals surface area contributed by atoms with Crippen molar-refractivity contribution >= 4 is 17.3 Å². The van der Waals surface area contributed by atoms with E-state index in [0.29, 0.717) is 47.3 Å². The van der Waals surface area contributed by atoms with E-state index in [4.69, 9.17) is 4.74 Å². The molecule has 0 N–H and O–H groups in total. The molecule has 27 heavy (non-hydrogen) atoms. The van der Waals surface area contributed by atoms with E-state index < -0.39 is 5.92 Å². The number of hydrogen-bond acceptors (Lipinski definition) is 6. The molecule has 132 valence electrons. The van der Waals surface area contributed by atoms with Gasteiger partial charge in [-0.1, -0.05) is 24.3 Å². The van der Waals surface area contributed by atoms with Gasteiger partial charge < -0.3 is 4.74 Å². The number of ether oxygens (including phenoxy) is 1. The Bertz CT molecular complexity index is 1080. The molecular weight excluding hydrogens is 344 g/mol. The summed E-state index contributed by atoms with van der Waals surface area (Å²) in [4.78, 5) is 47.2. The molecule has 6 heteroatoms. The van der Waals surface area contributed by atoms with Gasteiger partial charge in [-0.3, -0.25) is 14.4 Å². The minimum Gasteiger partial charge on any atom is -0.457 e. The minimum atomic E-state index is -0.678. The Labute approximate surface area is 154 Å². The van der Waals surface area contributed by atoms with Crippen LogP contribution in [0, 0.1) is 0 Å². The molecule has 0 fully saturated rings. The van der Waals surface area contributed by atoms with Crippen LogP contribution in [-0.2, 0) is 9.53 Å². The second-order valence-electron chi connectivity index (χ2n) is 6.77. The lowest BCUT2D eigenvalue weighted by Crippen LogP contribution is -2.34. The first-order chi connectivity index (χ1) is 13.2. The van der Waals surface area contributed by atoms with Crippen molar-refractivity contribution in [2.45, 2.75) is 25.2 Å². The van der Waals surface area contributed by atoms with E-state index in [9.17, 15) is 14.4 Å². The number of hydrogen-bond donors (Lipinski definition) is 0. The van der Waals surface area contributed by atoms with Gasteiger partial charge in [0.25, 0.3) is 0 Å². The van der Waals surface area contributed by atoms with Crippen molar-refractivity contribution in [2.24, 2.45) is 0 Å². The van der Waals surface area contributed by atoms with Crippen molar-refractivity contribution in [1.29, 1.82) is 0 Å². The highest BCUT2D eigenvalue weighted by Crippen LogP contribution is 2.47. The van der Waals surface area contributed by atoms with Crippen molar-refractivity contribution in [3.05, 3.63) is 82.3 Å². The molecule has 0 amide bonds. The third-order valence-electron chi connectivity index (χ3n) is 5.24. The second kappa shape index (κ2) is 5.81. The van der Waals surface area contributed by atoms with Crippen molar-refractivity contribution in [2.75, 3.05) is 0 Å². The zero-order valence-corrected chi connectivity index (χ0v) is 14.3. The Balaban J connectivity index is 1.77. The molecule has 0 saturated heterocycles. The molecule has 1 aliphatic heterocycles. The van der Waals surface area contributed by atoms with E-state index in [0.717, 1.165) is 0 Å². The molecule has 1 unspecified atom stereocenters. The predicted octanol–water partition coefficient (Wildman–Crippen LogP) is 2.93. The molecule has 5 rings (SSSR count). The van der Waals surface area contributed by atoms with Crippen LogP contribution in [0.2, 0.25) is 0 Å². The van der Waals surface area contributed by atoms with E-state index in [1.807, 2.05) is 0 Å². The topological polar surface area (TPSA) is 86.2 Å². The lowest BCUT2D eigenvalue weighted by atomic mass is 9.72. The van der Waals surface area contributed by atoms with Gasteiger partial charge in [-0.15, -0.1) is 0 Å². The van der Waals surface area contributed by atoms with Gasteiger partial charge in [-0.05, 0) is 6.42 Å². The maximum absolute atomic E-state index is 13.3. The summed E-state index contributed by atoms with van der Waals surface area (Å²) in [7, 11) is 0. The number of rotatable bonds is 1. The number of ketones is 3. The summed E-state index contributed by atoms with van der Waals surface area (Å²) in [6.07, 6.45) is 6.17. The van der Waals surface area contributed by atoms with Crippen molar-refractivity contribution in [1.82, 2.24) is 9.97 Å².